The summed E-state index contributed by atoms with van der Waals surface area (Å²) >= 11 is 0. The van der Waals surface area contributed by atoms with E-state index in [4.69, 9.17) is 4.98 Å². The second-order valence-corrected chi connectivity index (χ2v) is 8.05. The van der Waals surface area contributed by atoms with Gasteiger partial charge in [0.1, 0.15) is 0 Å². The molecule has 0 aliphatic carbocycles. The number of hydrogen-bond acceptors (Lipinski definition) is 2. The van der Waals surface area contributed by atoms with Gasteiger partial charge in [0, 0.05) is 23.8 Å². The van der Waals surface area contributed by atoms with Crippen LogP contribution in [0.4, 0.5) is 0 Å². The number of hydrogen-bond donors (Lipinski definition) is 0. The number of benzene rings is 2. The average molecular weight is 387 g/mol. The first-order valence-corrected chi connectivity index (χ1v) is 10.8. The van der Waals surface area contributed by atoms with Gasteiger partial charge in [-0.15, -0.1) is 0 Å². The molecule has 0 radical (unpaired) electrons. The van der Waals surface area contributed by atoms with Gasteiger partial charge >= 0.3 is 0 Å². The summed E-state index contributed by atoms with van der Waals surface area (Å²) in [5.41, 5.74) is 10.4. The number of aromatic nitrogens is 1. The first kappa shape index (κ1) is 21.3. The van der Waals surface area contributed by atoms with Crippen LogP contribution < -0.4 is 0 Å². The van der Waals surface area contributed by atoms with E-state index in [2.05, 4.69) is 101 Å². The van der Waals surface area contributed by atoms with Crippen LogP contribution in [0.5, 0.6) is 0 Å². The summed E-state index contributed by atoms with van der Waals surface area (Å²) in [5, 5.41) is 0. The van der Waals surface area contributed by atoms with Crippen LogP contribution in [-0.4, -0.2) is 16.9 Å². The fourth-order valence-corrected chi connectivity index (χ4v) is 4.17. The van der Waals surface area contributed by atoms with Gasteiger partial charge in [0.05, 0.1) is 5.69 Å². The molecule has 1 heterocycles. The van der Waals surface area contributed by atoms with Gasteiger partial charge in [-0.1, -0.05) is 62.4 Å². The summed E-state index contributed by atoms with van der Waals surface area (Å²) in [6, 6.07) is 20.0. The topological polar surface area (TPSA) is 16.1 Å². The van der Waals surface area contributed by atoms with Crippen LogP contribution >= 0.6 is 0 Å². The highest BCUT2D eigenvalue weighted by molar-refractivity contribution is 5.69. The largest absolute Gasteiger partial charge is 0.295 e. The average Bonchev–Trinajstić information content (AvgIpc) is 2.75. The highest BCUT2D eigenvalue weighted by Gasteiger charge is 2.17. The summed E-state index contributed by atoms with van der Waals surface area (Å²) in [5.74, 6) is 0. The highest BCUT2D eigenvalue weighted by Crippen LogP contribution is 2.31. The van der Waals surface area contributed by atoms with Gasteiger partial charge < -0.3 is 0 Å². The molecule has 0 unspecified atom stereocenters. The molecule has 0 bridgehead atoms. The zero-order valence-corrected chi connectivity index (χ0v) is 18.8. The molecule has 3 rings (SSSR count). The van der Waals surface area contributed by atoms with Crippen molar-refractivity contribution in [2.45, 2.75) is 60.0 Å². The maximum Gasteiger partial charge on any atom is 0.0713 e. The van der Waals surface area contributed by atoms with E-state index in [0.717, 1.165) is 30.8 Å². The maximum absolute atomic E-state index is 5.08. The molecule has 0 amide bonds. The molecule has 2 heteroatoms. The summed E-state index contributed by atoms with van der Waals surface area (Å²) in [6.07, 6.45) is 2.06. The monoisotopic (exact) mass is 386 g/mol. The molecule has 152 valence electrons. The summed E-state index contributed by atoms with van der Waals surface area (Å²) in [4.78, 5) is 7.49. The van der Waals surface area contributed by atoms with Crippen molar-refractivity contribution in [3.8, 4) is 11.3 Å². The number of pyridine rings is 1. The molecule has 0 fully saturated rings. The minimum absolute atomic E-state index is 0.363. The van der Waals surface area contributed by atoms with Gasteiger partial charge in [0.2, 0.25) is 0 Å². The standard InChI is InChI=1S/C27H34N2/c1-7-22-15-12-16-23(8-2)27(22)26-17-19(3)25(20(4)28-26)18-29(6)21(5)24-13-10-9-11-14-24/h9-17,21H,7-8,18H2,1-6H3/t21-/m1/s1. The molecule has 2 aromatic carbocycles. The van der Waals surface area contributed by atoms with Gasteiger partial charge in [-0.3, -0.25) is 9.88 Å². The van der Waals surface area contributed by atoms with Crippen LogP contribution in [0, 0.1) is 13.8 Å². The SMILES string of the molecule is CCc1cccc(CC)c1-c1cc(C)c(CN(C)[C@H](C)c2ccccc2)c(C)n1. The first-order valence-electron chi connectivity index (χ1n) is 10.8. The molecule has 2 nitrogen and oxygen atoms in total. The fraction of sp³-hybridized carbons (Fsp3) is 0.370. The number of nitrogens with zero attached hydrogens (tertiary/aromatic N) is 2. The van der Waals surface area contributed by atoms with Crippen LogP contribution in [0.1, 0.15) is 60.3 Å². The minimum atomic E-state index is 0.363. The fourth-order valence-electron chi connectivity index (χ4n) is 4.17. The van der Waals surface area contributed by atoms with E-state index < -0.39 is 0 Å². The van der Waals surface area contributed by atoms with E-state index in [1.54, 1.807) is 0 Å². The van der Waals surface area contributed by atoms with Gasteiger partial charge in [-0.2, -0.15) is 0 Å². The van der Waals surface area contributed by atoms with Gasteiger partial charge in [0.15, 0.2) is 0 Å². The molecule has 0 N–H and O–H groups in total. The van der Waals surface area contributed by atoms with Crippen molar-refractivity contribution in [2.75, 3.05) is 7.05 Å². The van der Waals surface area contributed by atoms with Gasteiger partial charge in [-0.05, 0) is 74.5 Å². The Balaban J connectivity index is 1.93. The first-order chi connectivity index (χ1) is 14.0. The molecule has 0 aliphatic heterocycles. The Morgan fingerprint density at radius 1 is 0.897 bits per heavy atom. The smallest absolute Gasteiger partial charge is 0.0713 e. The van der Waals surface area contributed by atoms with E-state index in [-0.39, 0.29) is 0 Å². The Hall–Kier alpha value is -2.45. The molecule has 1 atom stereocenters. The van der Waals surface area contributed by atoms with Crippen LogP contribution in [0.3, 0.4) is 0 Å². The molecular weight excluding hydrogens is 352 g/mol. The number of rotatable bonds is 7. The lowest BCUT2D eigenvalue weighted by molar-refractivity contribution is 0.252. The van der Waals surface area contributed by atoms with Crippen LogP contribution in [-0.2, 0) is 19.4 Å². The second-order valence-electron chi connectivity index (χ2n) is 8.05. The Morgan fingerprint density at radius 3 is 2.07 bits per heavy atom. The van der Waals surface area contributed by atoms with Crippen molar-refractivity contribution in [3.05, 3.63) is 88.1 Å². The van der Waals surface area contributed by atoms with Crippen molar-refractivity contribution < 1.29 is 0 Å². The molecular formula is C27H34N2. The predicted molar refractivity (Wildman–Crippen MR) is 124 cm³/mol. The normalized spacial score (nSPS) is 12.4. The lowest BCUT2D eigenvalue weighted by Gasteiger charge is -2.27. The zero-order chi connectivity index (χ0) is 21.0. The summed E-state index contributed by atoms with van der Waals surface area (Å²) in [6.45, 7) is 12.0. The van der Waals surface area contributed by atoms with Crippen LogP contribution in [0.2, 0.25) is 0 Å². The Bertz CT molecular complexity index is 914. The van der Waals surface area contributed by atoms with E-state index in [9.17, 15) is 0 Å². The van der Waals surface area contributed by atoms with E-state index >= 15 is 0 Å². The van der Waals surface area contributed by atoms with Crippen LogP contribution in [0.15, 0.2) is 54.6 Å². The van der Waals surface area contributed by atoms with Crippen molar-refractivity contribution >= 4 is 0 Å². The van der Waals surface area contributed by atoms with Gasteiger partial charge in [0.25, 0.3) is 0 Å². The Kier molecular flexibility index (Phi) is 6.87. The molecule has 3 aromatic rings. The molecule has 0 saturated carbocycles. The van der Waals surface area contributed by atoms with E-state index in [0.29, 0.717) is 6.04 Å². The van der Waals surface area contributed by atoms with Crippen molar-refractivity contribution in [2.24, 2.45) is 0 Å². The summed E-state index contributed by atoms with van der Waals surface area (Å²) < 4.78 is 0. The lowest BCUT2D eigenvalue weighted by atomic mass is 9.93. The maximum atomic E-state index is 5.08. The molecule has 1 aromatic heterocycles. The van der Waals surface area contributed by atoms with E-state index in [1.165, 1.54) is 33.4 Å². The van der Waals surface area contributed by atoms with Crippen molar-refractivity contribution in [1.29, 1.82) is 0 Å². The minimum Gasteiger partial charge on any atom is -0.295 e. The lowest BCUT2D eigenvalue weighted by Crippen LogP contribution is -2.23. The predicted octanol–water partition coefficient (Wildman–Crippen LogP) is 6.68. The number of aryl methyl sites for hydroxylation is 4. The highest BCUT2D eigenvalue weighted by atomic mass is 15.1. The van der Waals surface area contributed by atoms with Crippen molar-refractivity contribution in [3.63, 3.8) is 0 Å². The van der Waals surface area contributed by atoms with E-state index in [1.807, 2.05) is 0 Å². The second kappa shape index (κ2) is 9.37. The van der Waals surface area contributed by atoms with Gasteiger partial charge in [-0.25, -0.2) is 0 Å². The third-order valence-corrected chi connectivity index (χ3v) is 6.16. The molecule has 0 spiro atoms. The quantitative estimate of drug-likeness (QED) is 0.450. The molecule has 0 aliphatic rings. The molecule has 29 heavy (non-hydrogen) atoms. The third kappa shape index (κ3) is 4.59. The zero-order valence-electron chi connectivity index (χ0n) is 18.8. The Labute approximate surface area is 176 Å². The Morgan fingerprint density at radius 2 is 1.52 bits per heavy atom. The molecule has 0 saturated heterocycles. The van der Waals surface area contributed by atoms with Crippen LogP contribution in [0.25, 0.3) is 11.3 Å². The van der Waals surface area contributed by atoms with Crippen molar-refractivity contribution in [1.82, 2.24) is 9.88 Å². The summed E-state index contributed by atoms with van der Waals surface area (Å²) in [7, 11) is 2.20. The third-order valence-electron chi connectivity index (χ3n) is 6.16.